The van der Waals surface area contributed by atoms with Gasteiger partial charge in [0, 0.05) is 31.1 Å². The number of nitrogens with zero attached hydrogens (tertiary/aromatic N) is 1. The number of rotatable bonds is 7. The molecular formula is C27H27FN2O4. The number of amides is 2. The molecule has 4 rings (SSSR count). The molecule has 1 aliphatic heterocycles. The number of nitrogens with one attached hydrogen (secondary N) is 1. The summed E-state index contributed by atoms with van der Waals surface area (Å²) in [6, 6.07) is 20.6. The first-order valence-electron chi connectivity index (χ1n) is 11.1. The highest BCUT2D eigenvalue weighted by Crippen LogP contribution is 2.35. The molecule has 34 heavy (non-hydrogen) atoms. The Balaban J connectivity index is 1.54. The van der Waals surface area contributed by atoms with Crippen molar-refractivity contribution in [2.24, 2.45) is 5.92 Å². The van der Waals surface area contributed by atoms with Crippen LogP contribution in [0.4, 0.5) is 4.39 Å². The third kappa shape index (κ3) is 5.20. The molecule has 6 nitrogen and oxygen atoms in total. The largest absolute Gasteiger partial charge is 0.497 e. The number of benzene rings is 3. The zero-order valence-electron chi connectivity index (χ0n) is 19.2. The van der Waals surface area contributed by atoms with Crippen molar-refractivity contribution in [1.82, 2.24) is 10.2 Å². The van der Waals surface area contributed by atoms with Crippen LogP contribution in [0.15, 0.2) is 72.8 Å². The summed E-state index contributed by atoms with van der Waals surface area (Å²) in [6.07, 6.45) is 0. The van der Waals surface area contributed by atoms with Gasteiger partial charge in [-0.05, 0) is 59.7 Å². The number of ether oxygens (including phenoxy) is 2. The molecule has 0 aliphatic carbocycles. The number of carbonyl (C=O) groups excluding carboxylic acids is 2. The predicted octanol–water partition coefficient (Wildman–Crippen LogP) is 4.02. The first-order valence-corrected chi connectivity index (χ1v) is 11.1. The maximum Gasteiger partial charge on any atom is 0.253 e. The monoisotopic (exact) mass is 462 g/mol. The molecule has 2 atom stereocenters. The zero-order chi connectivity index (χ0) is 24.1. The van der Waals surface area contributed by atoms with Crippen molar-refractivity contribution in [3.8, 4) is 11.5 Å². The topological polar surface area (TPSA) is 67.9 Å². The minimum absolute atomic E-state index is 0.135. The van der Waals surface area contributed by atoms with Gasteiger partial charge < -0.3 is 19.7 Å². The third-order valence-corrected chi connectivity index (χ3v) is 6.18. The van der Waals surface area contributed by atoms with E-state index < -0.39 is 5.92 Å². The van der Waals surface area contributed by atoms with E-state index in [0.717, 1.165) is 11.1 Å². The average Bonchev–Trinajstić information content (AvgIpc) is 3.33. The van der Waals surface area contributed by atoms with Crippen molar-refractivity contribution in [2.45, 2.75) is 12.5 Å². The van der Waals surface area contributed by atoms with Gasteiger partial charge in [-0.3, -0.25) is 9.59 Å². The number of hydrogen-bond acceptors (Lipinski definition) is 4. The molecule has 3 aromatic rings. The Morgan fingerprint density at radius 3 is 2.32 bits per heavy atom. The SMILES string of the molecule is COc1ccc(C(=O)N2CC(C(=O)NCc3ccc(F)cc3)C(c3cccc(OC)c3)C2)cc1. The molecule has 1 N–H and O–H groups in total. The van der Waals surface area contributed by atoms with Crippen LogP contribution in [0, 0.1) is 11.7 Å². The van der Waals surface area contributed by atoms with Crippen molar-refractivity contribution >= 4 is 11.8 Å². The maximum atomic E-state index is 13.2. The summed E-state index contributed by atoms with van der Waals surface area (Å²) in [5.41, 5.74) is 2.28. The third-order valence-electron chi connectivity index (χ3n) is 6.18. The van der Waals surface area contributed by atoms with Crippen LogP contribution in [0.3, 0.4) is 0 Å². The second-order valence-electron chi connectivity index (χ2n) is 8.27. The van der Waals surface area contributed by atoms with E-state index in [2.05, 4.69) is 5.32 Å². The predicted molar refractivity (Wildman–Crippen MR) is 126 cm³/mol. The van der Waals surface area contributed by atoms with Gasteiger partial charge in [0.2, 0.25) is 5.91 Å². The van der Waals surface area contributed by atoms with Crippen LogP contribution in [0.1, 0.15) is 27.4 Å². The molecule has 0 bridgehead atoms. The van der Waals surface area contributed by atoms with E-state index in [0.29, 0.717) is 30.2 Å². The smallest absolute Gasteiger partial charge is 0.253 e. The van der Waals surface area contributed by atoms with Crippen LogP contribution in [0.5, 0.6) is 11.5 Å². The molecule has 7 heteroatoms. The molecule has 0 spiro atoms. The number of hydrogen-bond donors (Lipinski definition) is 1. The van der Waals surface area contributed by atoms with Gasteiger partial charge in [-0.15, -0.1) is 0 Å². The summed E-state index contributed by atoms with van der Waals surface area (Å²) >= 11 is 0. The normalized spacial score (nSPS) is 17.3. The van der Waals surface area contributed by atoms with Gasteiger partial charge in [0.1, 0.15) is 17.3 Å². The van der Waals surface area contributed by atoms with E-state index >= 15 is 0 Å². The highest BCUT2D eigenvalue weighted by atomic mass is 19.1. The molecule has 0 aromatic heterocycles. The Kier molecular flexibility index (Phi) is 7.11. The van der Waals surface area contributed by atoms with Crippen molar-refractivity contribution in [3.05, 3.63) is 95.3 Å². The molecule has 2 amide bonds. The lowest BCUT2D eigenvalue weighted by molar-refractivity contribution is -0.125. The first kappa shape index (κ1) is 23.3. The molecular weight excluding hydrogens is 435 g/mol. The van der Waals surface area contributed by atoms with Crippen LogP contribution < -0.4 is 14.8 Å². The van der Waals surface area contributed by atoms with Crippen LogP contribution in [0.2, 0.25) is 0 Å². The number of halogens is 1. The van der Waals surface area contributed by atoms with E-state index in [4.69, 9.17) is 9.47 Å². The standard InChI is InChI=1S/C27H27FN2O4/c1-33-22-12-8-19(9-13-22)27(32)30-16-24(20-4-3-5-23(14-20)34-2)25(17-30)26(31)29-15-18-6-10-21(28)11-7-18/h3-14,24-25H,15-17H2,1-2H3,(H,29,31). The van der Waals surface area contributed by atoms with Crippen LogP contribution >= 0.6 is 0 Å². The Morgan fingerprint density at radius 1 is 0.941 bits per heavy atom. The van der Waals surface area contributed by atoms with Crippen LogP contribution in [-0.2, 0) is 11.3 Å². The summed E-state index contributed by atoms with van der Waals surface area (Å²) < 4.78 is 23.7. The van der Waals surface area contributed by atoms with E-state index in [9.17, 15) is 14.0 Å². The minimum atomic E-state index is -0.435. The second kappa shape index (κ2) is 10.4. The molecule has 0 saturated carbocycles. The second-order valence-corrected chi connectivity index (χ2v) is 8.27. The van der Waals surface area contributed by atoms with Crippen molar-refractivity contribution < 1.29 is 23.5 Å². The average molecular weight is 463 g/mol. The van der Waals surface area contributed by atoms with E-state index in [-0.39, 0.29) is 30.1 Å². The molecule has 3 aromatic carbocycles. The van der Waals surface area contributed by atoms with E-state index in [1.807, 2.05) is 24.3 Å². The van der Waals surface area contributed by atoms with E-state index in [1.54, 1.807) is 55.5 Å². The summed E-state index contributed by atoms with van der Waals surface area (Å²) in [7, 11) is 3.17. The molecule has 1 saturated heterocycles. The Hall–Kier alpha value is -3.87. The summed E-state index contributed by atoms with van der Waals surface area (Å²) in [4.78, 5) is 28.2. The molecule has 1 heterocycles. The highest BCUT2D eigenvalue weighted by molar-refractivity contribution is 5.95. The summed E-state index contributed by atoms with van der Waals surface area (Å²) in [6.45, 7) is 0.988. The lowest BCUT2D eigenvalue weighted by Crippen LogP contribution is -2.35. The lowest BCUT2D eigenvalue weighted by Gasteiger charge is -2.18. The first-order chi connectivity index (χ1) is 16.5. The zero-order valence-corrected chi connectivity index (χ0v) is 19.2. The van der Waals surface area contributed by atoms with Crippen molar-refractivity contribution in [2.75, 3.05) is 27.3 Å². The van der Waals surface area contributed by atoms with Crippen LogP contribution in [0.25, 0.3) is 0 Å². The number of likely N-dealkylation sites (tertiary alicyclic amines) is 1. The van der Waals surface area contributed by atoms with Gasteiger partial charge in [0.05, 0.1) is 20.1 Å². The molecule has 2 unspecified atom stereocenters. The molecule has 1 aliphatic rings. The maximum absolute atomic E-state index is 13.2. The van der Waals surface area contributed by atoms with Crippen molar-refractivity contribution in [3.63, 3.8) is 0 Å². The Morgan fingerprint density at radius 2 is 1.65 bits per heavy atom. The molecule has 1 fully saturated rings. The Bertz CT molecular complexity index is 1150. The van der Waals surface area contributed by atoms with E-state index in [1.165, 1.54) is 12.1 Å². The number of methoxy groups -OCH3 is 2. The summed E-state index contributed by atoms with van der Waals surface area (Å²) in [5.74, 6) is 0.136. The quantitative estimate of drug-likeness (QED) is 0.576. The van der Waals surface area contributed by atoms with Crippen LogP contribution in [-0.4, -0.2) is 44.0 Å². The number of carbonyl (C=O) groups is 2. The molecule has 176 valence electrons. The van der Waals surface area contributed by atoms with Gasteiger partial charge >= 0.3 is 0 Å². The summed E-state index contributed by atoms with van der Waals surface area (Å²) in [5, 5.41) is 2.96. The fourth-order valence-corrected chi connectivity index (χ4v) is 4.28. The van der Waals surface area contributed by atoms with Gasteiger partial charge in [0.15, 0.2) is 0 Å². The fraction of sp³-hybridized carbons (Fsp3) is 0.259. The minimum Gasteiger partial charge on any atom is -0.497 e. The lowest BCUT2D eigenvalue weighted by atomic mass is 9.88. The molecule has 0 radical (unpaired) electrons. The fourth-order valence-electron chi connectivity index (χ4n) is 4.28. The van der Waals surface area contributed by atoms with Gasteiger partial charge in [-0.2, -0.15) is 0 Å². The van der Waals surface area contributed by atoms with Gasteiger partial charge in [-0.25, -0.2) is 4.39 Å². The van der Waals surface area contributed by atoms with Gasteiger partial charge in [0.25, 0.3) is 5.91 Å². The van der Waals surface area contributed by atoms with Gasteiger partial charge in [-0.1, -0.05) is 24.3 Å². The van der Waals surface area contributed by atoms with Crippen molar-refractivity contribution in [1.29, 1.82) is 0 Å². The highest BCUT2D eigenvalue weighted by Gasteiger charge is 2.40. The Labute approximate surface area is 198 Å².